The second-order valence-electron chi connectivity index (χ2n) is 4.55. The summed E-state index contributed by atoms with van der Waals surface area (Å²) in [5, 5.41) is 9.20. The molecule has 0 saturated carbocycles. The topological polar surface area (TPSA) is 83.6 Å². The van der Waals surface area contributed by atoms with E-state index in [9.17, 15) is 14.7 Å². The summed E-state index contributed by atoms with van der Waals surface area (Å²) in [7, 11) is 0. The quantitative estimate of drug-likeness (QED) is 0.773. The lowest BCUT2D eigenvalue weighted by Gasteiger charge is -2.47. The Morgan fingerprint density at radius 3 is 2.86 bits per heavy atom. The molecule has 1 fully saturated rings. The lowest BCUT2D eigenvalue weighted by Crippen LogP contribution is -2.68. The van der Waals surface area contributed by atoms with Crippen LogP contribution in [0.1, 0.15) is 0 Å². The van der Waals surface area contributed by atoms with Crippen molar-refractivity contribution < 1.29 is 14.7 Å². The Labute approximate surface area is 138 Å². The number of carboxylic acids is 1. The second kappa shape index (κ2) is 5.68. The maximum Gasteiger partial charge on any atom is 0.353 e. The van der Waals surface area contributed by atoms with Gasteiger partial charge in [-0.1, -0.05) is 23.9 Å². The van der Waals surface area contributed by atoms with Crippen LogP contribution in [0.3, 0.4) is 0 Å². The van der Waals surface area contributed by atoms with Gasteiger partial charge in [-0.25, -0.2) is 4.79 Å². The van der Waals surface area contributed by atoms with E-state index in [2.05, 4.69) is 15.9 Å². The van der Waals surface area contributed by atoms with Crippen LogP contribution >= 0.6 is 39.5 Å². The van der Waals surface area contributed by atoms with Gasteiger partial charge in [0, 0.05) is 20.0 Å². The molecule has 3 rings (SSSR count). The van der Waals surface area contributed by atoms with E-state index in [1.807, 2.05) is 24.3 Å². The smallest absolute Gasteiger partial charge is 0.353 e. The van der Waals surface area contributed by atoms with Crippen LogP contribution in [-0.2, 0) is 9.59 Å². The van der Waals surface area contributed by atoms with Crippen LogP contribution in [0.2, 0.25) is 0 Å². The van der Waals surface area contributed by atoms with Gasteiger partial charge in [0.05, 0.1) is 0 Å². The monoisotopic (exact) mass is 386 g/mol. The predicted octanol–water partition coefficient (Wildman–Crippen LogP) is 2.08. The van der Waals surface area contributed by atoms with Crippen molar-refractivity contribution in [2.24, 2.45) is 5.73 Å². The molecular weight excluding hydrogens is 376 g/mol. The molecule has 1 aromatic rings. The first kappa shape index (κ1) is 15.0. The maximum atomic E-state index is 11.8. The van der Waals surface area contributed by atoms with E-state index < -0.39 is 12.0 Å². The van der Waals surface area contributed by atoms with Crippen LogP contribution < -0.4 is 5.73 Å². The zero-order valence-electron chi connectivity index (χ0n) is 10.7. The highest BCUT2D eigenvalue weighted by molar-refractivity contribution is 9.10. The highest BCUT2D eigenvalue weighted by Gasteiger charge is 2.51. The average molecular weight is 387 g/mol. The number of aliphatic carboxylic acids is 1. The molecule has 8 heteroatoms. The first-order valence-corrected chi connectivity index (χ1v) is 8.75. The molecule has 0 bridgehead atoms. The van der Waals surface area contributed by atoms with Crippen molar-refractivity contribution in [2.75, 3.05) is 5.75 Å². The summed E-state index contributed by atoms with van der Waals surface area (Å²) in [5.74, 6) is -0.875. The van der Waals surface area contributed by atoms with Gasteiger partial charge in [0.25, 0.3) is 0 Å². The molecule has 0 unspecified atom stereocenters. The van der Waals surface area contributed by atoms with E-state index in [1.54, 1.807) is 0 Å². The molecule has 5 nitrogen and oxygen atoms in total. The van der Waals surface area contributed by atoms with Crippen molar-refractivity contribution in [3.05, 3.63) is 39.3 Å². The second-order valence-corrected chi connectivity index (χ2v) is 7.64. The number of hydrogen-bond donors (Lipinski definition) is 2. The van der Waals surface area contributed by atoms with Crippen molar-refractivity contribution >= 4 is 51.3 Å². The molecule has 0 aromatic heterocycles. The molecule has 0 aliphatic carbocycles. The first-order valence-electron chi connectivity index (χ1n) is 6.10. The molecular formula is C13H11BrN2O3S2. The van der Waals surface area contributed by atoms with Crippen LogP contribution in [0.4, 0.5) is 0 Å². The van der Waals surface area contributed by atoms with Crippen LogP contribution in [0.15, 0.2) is 44.2 Å². The number of carboxylic acid groups (broad SMARTS) is 1. The lowest BCUT2D eigenvalue weighted by atomic mass is 10.1. The Bertz CT molecular complexity index is 665. The zero-order chi connectivity index (χ0) is 15.1. The summed E-state index contributed by atoms with van der Waals surface area (Å²) >= 11 is 6.31. The molecule has 1 amide bonds. The number of nitrogens with zero attached hydrogens (tertiary/aromatic N) is 1. The third-order valence-corrected chi connectivity index (χ3v) is 6.84. The third-order valence-electron chi connectivity index (χ3n) is 3.25. The van der Waals surface area contributed by atoms with Crippen molar-refractivity contribution in [2.45, 2.75) is 16.3 Å². The molecule has 0 spiro atoms. The molecule has 21 heavy (non-hydrogen) atoms. The van der Waals surface area contributed by atoms with Crippen molar-refractivity contribution in [3.8, 4) is 0 Å². The number of amides is 1. The fraction of sp³-hybridized carbons (Fsp3) is 0.231. The predicted molar refractivity (Wildman–Crippen MR) is 85.7 cm³/mol. The van der Waals surface area contributed by atoms with Crippen molar-refractivity contribution in [3.63, 3.8) is 0 Å². The fourth-order valence-electron chi connectivity index (χ4n) is 2.23. The SMILES string of the molecule is N[C@@H]1C(=O)N2C(C(=O)O)=C(Sc3ccccc3Br)CS[C@H]12. The molecule has 1 saturated heterocycles. The number of carbonyl (C=O) groups is 2. The summed E-state index contributed by atoms with van der Waals surface area (Å²) in [5.41, 5.74) is 5.78. The number of benzene rings is 1. The maximum absolute atomic E-state index is 11.8. The zero-order valence-corrected chi connectivity index (χ0v) is 13.9. The number of hydrogen-bond acceptors (Lipinski definition) is 5. The van der Waals surface area contributed by atoms with Gasteiger partial charge in [-0.3, -0.25) is 9.69 Å². The van der Waals surface area contributed by atoms with Crippen molar-refractivity contribution in [1.82, 2.24) is 4.90 Å². The largest absolute Gasteiger partial charge is 0.477 e. The minimum atomic E-state index is -1.09. The summed E-state index contributed by atoms with van der Waals surface area (Å²) in [6.07, 6.45) is 0. The van der Waals surface area contributed by atoms with Crippen LogP contribution in [0.5, 0.6) is 0 Å². The Balaban J connectivity index is 1.97. The summed E-state index contributed by atoms with van der Waals surface area (Å²) < 4.78 is 0.894. The van der Waals surface area contributed by atoms with Crippen molar-refractivity contribution in [1.29, 1.82) is 0 Å². The fourth-order valence-corrected chi connectivity index (χ4v) is 5.19. The molecule has 110 valence electrons. The highest BCUT2D eigenvalue weighted by Crippen LogP contribution is 2.45. The van der Waals surface area contributed by atoms with Crippen LogP contribution in [0, 0.1) is 0 Å². The van der Waals surface area contributed by atoms with Crippen LogP contribution in [-0.4, -0.2) is 39.1 Å². The van der Waals surface area contributed by atoms with Gasteiger partial charge in [-0.05, 0) is 28.1 Å². The molecule has 3 N–H and O–H groups in total. The minimum Gasteiger partial charge on any atom is -0.477 e. The third kappa shape index (κ3) is 2.50. The van der Waals surface area contributed by atoms with E-state index in [0.717, 1.165) is 9.37 Å². The molecule has 1 aromatic carbocycles. The number of rotatable bonds is 3. The van der Waals surface area contributed by atoms with Gasteiger partial charge in [0.2, 0.25) is 5.91 Å². The summed E-state index contributed by atoms with van der Waals surface area (Å²) in [6, 6.07) is 6.98. The number of carbonyl (C=O) groups excluding carboxylic acids is 1. The van der Waals surface area contributed by atoms with E-state index in [1.165, 1.54) is 28.4 Å². The van der Waals surface area contributed by atoms with E-state index in [0.29, 0.717) is 10.7 Å². The van der Waals surface area contributed by atoms with Gasteiger partial charge in [0.1, 0.15) is 17.1 Å². The lowest BCUT2D eigenvalue weighted by molar-refractivity contribution is -0.147. The normalized spacial score (nSPS) is 24.7. The molecule has 2 aliphatic rings. The van der Waals surface area contributed by atoms with Gasteiger partial charge in [0.15, 0.2) is 0 Å². The summed E-state index contributed by atoms with van der Waals surface area (Å²) in [6.45, 7) is 0. The Morgan fingerprint density at radius 1 is 1.48 bits per heavy atom. The van der Waals surface area contributed by atoms with Gasteiger partial charge in [-0.2, -0.15) is 0 Å². The number of β-lactam (4-membered cyclic amide) rings is 1. The molecule has 2 aliphatic heterocycles. The van der Waals surface area contributed by atoms with Gasteiger partial charge >= 0.3 is 5.97 Å². The average Bonchev–Trinajstić information content (AvgIpc) is 2.48. The molecule has 2 atom stereocenters. The van der Waals surface area contributed by atoms with Gasteiger partial charge in [-0.15, -0.1) is 11.8 Å². The van der Waals surface area contributed by atoms with E-state index in [-0.39, 0.29) is 17.0 Å². The number of thioether (sulfide) groups is 2. The summed E-state index contributed by atoms with van der Waals surface area (Å²) in [4.78, 5) is 26.3. The standard InChI is InChI=1S/C13H11BrN2O3S2/c14-6-3-1-2-4-7(6)21-8-5-20-12-9(15)11(17)16(12)10(8)13(18)19/h1-4,9,12H,5,15H2,(H,18,19)/t9-,12-/m1/s1. The Morgan fingerprint density at radius 2 is 2.19 bits per heavy atom. The Kier molecular flexibility index (Phi) is 4.04. The molecule has 2 heterocycles. The Hall–Kier alpha value is -0.960. The highest BCUT2D eigenvalue weighted by atomic mass is 79.9. The van der Waals surface area contributed by atoms with Gasteiger partial charge < -0.3 is 10.8 Å². The van der Waals surface area contributed by atoms with E-state index >= 15 is 0 Å². The first-order chi connectivity index (χ1) is 10.0. The number of halogens is 1. The number of nitrogens with two attached hydrogens (primary N) is 1. The molecule has 0 radical (unpaired) electrons. The van der Waals surface area contributed by atoms with Crippen LogP contribution in [0.25, 0.3) is 0 Å². The number of fused-ring (bicyclic) bond motifs is 1. The van der Waals surface area contributed by atoms with E-state index in [4.69, 9.17) is 5.73 Å². The minimum absolute atomic E-state index is 0.0613.